The molecule has 2 heterocycles. The number of carbonyl (C=O) groups excluding carboxylic acids is 2. The number of likely N-dealkylation sites (tertiary alicyclic amines) is 1. The molecule has 0 atom stereocenters. The highest BCUT2D eigenvalue weighted by molar-refractivity contribution is 5.91. The van der Waals surface area contributed by atoms with Gasteiger partial charge in [-0.15, -0.1) is 0 Å². The van der Waals surface area contributed by atoms with Crippen LogP contribution in [0.25, 0.3) is 6.08 Å². The number of hydrogen-bond acceptors (Lipinski definition) is 4. The zero-order valence-electron chi connectivity index (χ0n) is 16.4. The number of amides is 3. The van der Waals surface area contributed by atoms with E-state index in [2.05, 4.69) is 10.6 Å². The van der Waals surface area contributed by atoms with Gasteiger partial charge < -0.3 is 24.7 Å². The van der Waals surface area contributed by atoms with Crippen molar-refractivity contribution in [1.82, 2.24) is 15.5 Å². The molecule has 1 aliphatic heterocycles. The molecule has 7 nitrogen and oxygen atoms in total. The maximum atomic E-state index is 12.2. The Hall–Kier alpha value is -3.22. The Balaban J connectivity index is 1.26. The molecule has 0 aliphatic carbocycles. The van der Waals surface area contributed by atoms with Gasteiger partial charge in [0.25, 0.3) is 0 Å². The molecule has 3 amide bonds. The number of rotatable bonds is 8. The number of carbonyl (C=O) groups is 2. The minimum Gasteiger partial charge on any atom is -0.492 e. The molecule has 0 bridgehead atoms. The highest BCUT2D eigenvalue weighted by atomic mass is 16.5. The van der Waals surface area contributed by atoms with Gasteiger partial charge in [0.15, 0.2) is 0 Å². The fraction of sp³-hybridized carbons (Fsp3) is 0.364. The Labute approximate surface area is 170 Å². The summed E-state index contributed by atoms with van der Waals surface area (Å²) < 4.78 is 10.7. The monoisotopic (exact) mass is 397 g/mol. The van der Waals surface area contributed by atoms with Crippen LogP contribution in [0.3, 0.4) is 0 Å². The van der Waals surface area contributed by atoms with Crippen LogP contribution in [-0.4, -0.2) is 49.6 Å². The summed E-state index contributed by atoms with van der Waals surface area (Å²) in [5, 5.41) is 5.70. The van der Waals surface area contributed by atoms with Crippen molar-refractivity contribution in [1.29, 1.82) is 0 Å². The molecule has 1 saturated heterocycles. The van der Waals surface area contributed by atoms with Gasteiger partial charge in [-0.1, -0.05) is 18.2 Å². The molecule has 1 aromatic heterocycles. The van der Waals surface area contributed by atoms with Gasteiger partial charge in [0, 0.05) is 25.7 Å². The van der Waals surface area contributed by atoms with E-state index in [1.165, 1.54) is 0 Å². The molecule has 0 unspecified atom stereocenters. The quantitative estimate of drug-likeness (QED) is 0.530. The first-order valence-corrected chi connectivity index (χ1v) is 9.91. The van der Waals surface area contributed by atoms with Crippen molar-refractivity contribution in [3.8, 4) is 5.75 Å². The summed E-state index contributed by atoms with van der Waals surface area (Å²) >= 11 is 0. The van der Waals surface area contributed by atoms with Gasteiger partial charge in [-0.05, 0) is 49.1 Å². The van der Waals surface area contributed by atoms with Crippen LogP contribution in [-0.2, 0) is 4.79 Å². The van der Waals surface area contributed by atoms with Crippen molar-refractivity contribution in [2.24, 2.45) is 5.92 Å². The number of ether oxygens (including phenoxy) is 1. The van der Waals surface area contributed by atoms with Crippen LogP contribution in [0.4, 0.5) is 4.79 Å². The van der Waals surface area contributed by atoms with Crippen LogP contribution in [0, 0.1) is 5.92 Å². The number of para-hydroxylation sites is 1. The molecule has 2 aromatic rings. The van der Waals surface area contributed by atoms with Crippen LogP contribution in [0.5, 0.6) is 5.75 Å². The number of nitrogens with one attached hydrogen (secondary N) is 2. The van der Waals surface area contributed by atoms with E-state index < -0.39 is 0 Å². The van der Waals surface area contributed by atoms with E-state index in [1.807, 2.05) is 35.2 Å². The van der Waals surface area contributed by atoms with Crippen molar-refractivity contribution in [2.45, 2.75) is 12.8 Å². The topological polar surface area (TPSA) is 83.8 Å². The molecular formula is C22H27N3O4. The van der Waals surface area contributed by atoms with Crippen LogP contribution in [0.15, 0.2) is 59.2 Å². The lowest BCUT2D eigenvalue weighted by Crippen LogP contribution is -2.43. The van der Waals surface area contributed by atoms with E-state index in [-0.39, 0.29) is 11.9 Å². The summed E-state index contributed by atoms with van der Waals surface area (Å²) in [5.41, 5.74) is 0. The molecule has 154 valence electrons. The minimum absolute atomic E-state index is 0.0102. The number of piperidine rings is 1. The minimum atomic E-state index is -0.193. The van der Waals surface area contributed by atoms with E-state index >= 15 is 0 Å². The fourth-order valence-electron chi connectivity index (χ4n) is 3.15. The number of nitrogens with zero attached hydrogens (tertiary/aromatic N) is 1. The lowest BCUT2D eigenvalue weighted by molar-refractivity contribution is -0.127. The second kappa shape index (κ2) is 10.9. The molecule has 3 rings (SSSR count). The number of urea groups is 1. The van der Waals surface area contributed by atoms with Gasteiger partial charge in [-0.2, -0.15) is 0 Å². The SMILES string of the molecule is O=C(NCCOc1ccccc1)NCC1CCN(C(=O)C=Cc2ccco2)CC1. The predicted octanol–water partition coefficient (Wildman–Crippen LogP) is 2.91. The molecule has 7 heteroatoms. The van der Waals surface area contributed by atoms with Crippen molar-refractivity contribution in [3.63, 3.8) is 0 Å². The summed E-state index contributed by atoms with van der Waals surface area (Å²) in [5.74, 6) is 1.82. The van der Waals surface area contributed by atoms with Gasteiger partial charge in [0.05, 0.1) is 12.8 Å². The number of hydrogen-bond donors (Lipinski definition) is 2. The fourth-order valence-corrected chi connectivity index (χ4v) is 3.15. The smallest absolute Gasteiger partial charge is 0.314 e. The Kier molecular flexibility index (Phi) is 7.74. The third-order valence-electron chi connectivity index (χ3n) is 4.81. The average molecular weight is 397 g/mol. The third-order valence-corrected chi connectivity index (χ3v) is 4.81. The molecule has 0 spiro atoms. The zero-order chi connectivity index (χ0) is 20.3. The Morgan fingerprint density at radius 2 is 1.90 bits per heavy atom. The Bertz CT molecular complexity index is 782. The average Bonchev–Trinajstić information content (AvgIpc) is 3.28. The molecule has 1 aromatic carbocycles. The summed E-state index contributed by atoms with van der Waals surface area (Å²) in [6.07, 6.45) is 6.55. The Morgan fingerprint density at radius 1 is 1.10 bits per heavy atom. The van der Waals surface area contributed by atoms with Crippen molar-refractivity contribution in [3.05, 3.63) is 60.6 Å². The zero-order valence-corrected chi connectivity index (χ0v) is 16.4. The summed E-state index contributed by atoms with van der Waals surface area (Å²) in [6, 6.07) is 12.9. The maximum absolute atomic E-state index is 12.2. The lowest BCUT2D eigenvalue weighted by Gasteiger charge is -2.31. The standard InChI is InChI=1S/C22H27N3O4/c26-21(9-8-20-7-4-15-28-20)25-13-10-18(11-14-25)17-24-22(27)23-12-16-29-19-5-2-1-3-6-19/h1-9,15,18H,10-14,16-17H2,(H2,23,24,27). The largest absolute Gasteiger partial charge is 0.492 e. The summed E-state index contributed by atoms with van der Waals surface area (Å²) in [7, 11) is 0. The van der Waals surface area contributed by atoms with Gasteiger partial charge in [0.2, 0.25) is 5.91 Å². The molecular weight excluding hydrogens is 370 g/mol. The third kappa shape index (κ3) is 7.03. The number of furan rings is 1. The molecule has 0 saturated carbocycles. The highest BCUT2D eigenvalue weighted by Crippen LogP contribution is 2.17. The van der Waals surface area contributed by atoms with Crippen LogP contribution in [0.1, 0.15) is 18.6 Å². The second-order valence-electron chi connectivity index (χ2n) is 6.92. The molecule has 1 aliphatic rings. The molecule has 29 heavy (non-hydrogen) atoms. The molecule has 2 N–H and O–H groups in total. The van der Waals surface area contributed by atoms with Gasteiger partial charge in [0.1, 0.15) is 18.1 Å². The van der Waals surface area contributed by atoms with Crippen molar-refractivity contribution in [2.75, 3.05) is 32.8 Å². The van der Waals surface area contributed by atoms with Crippen LogP contribution < -0.4 is 15.4 Å². The second-order valence-corrected chi connectivity index (χ2v) is 6.92. The van der Waals surface area contributed by atoms with Crippen molar-refractivity contribution >= 4 is 18.0 Å². The van der Waals surface area contributed by atoms with E-state index in [0.29, 0.717) is 44.5 Å². The van der Waals surface area contributed by atoms with E-state index in [0.717, 1.165) is 18.6 Å². The molecule has 0 radical (unpaired) electrons. The highest BCUT2D eigenvalue weighted by Gasteiger charge is 2.21. The van der Waals surface area contributed by atoms with E-state index in [4.69, 9.17) is 9.15 Å². The normalized spacial score (nSPS) is 14.7. The number of benzene rings is 1. The maximum Gasteiger partial charge on any atom is 0.314 e. The van der Waals surface area contributed by atoms with Crippen LogP contribution in [0.2, 0.25) is 0 Å². The Morgan fingerprint density at radius 3 is 2.62 bits per heavy atom. The first-order valence-electron chi connectivity index (χ1n) is 9.91. The van der Waals surface area contributed by atoms with Crippen LogP contribution >= 0.6 is 0 Å². The summed E-state index contributed by atoms with van der Waals surface area (Å²) in [4.78, 5) is 26.0. The predicted molar refractivity (Wildman–Crippen MR) is 110 cm³/mol. The van der Waals surface area contributed by atoms with Gasteiger partial charge in [-0.3, -0.25) is 4.79 Å². The van der Waals surface area contributed by atoms with E-state index in [9.17, 15) is 9.59 Å². The lowest BCUT2D eigenvalue weighted by atomic mass is 9.97. The molecule has 1 fully saturated rings. The summed E-state index contributed by atoms with van der Waals surface area (Å²) in [6.45, 7) is 2.86. The van der Waals surface area contributed by atoms with Crippen molar-refractivity contribution < 1.29 is 18.7 Å². The van der Waals surface area contributed by atoms with Gasteiger partial charge >= 0.3 is 6.03 Å². The van der Waals surface area contributed by atoms with Gasteiger partial charge in [-0.25, -0.2) is 4.79 Å². The first kappa shape index (κ1) is 20.5. The first-order chi connectivity index (χ1) is 14.2. The van der Waals surface area contributed by atoms with E-state index in [1.54, 1.807) is 30.5 Å².